The van der Waals surface area contributed by atoms with Crippen molar-refractivity contribution in [3.63, 3.8) is 0 Å². The number of carbonyl (C=O) groups is 2. The first-order valence-electron chi connectivity index (χ1n) is 11.1. The first-order valence-corrected chi connectivity index (χ1v) is 11.1. The average molecular weight is 539 g/mol. The monoisotopic (exact) mass is 539 g/mol. The summed E-state index contributed by atoms with van der Waals surface area (Å²) in [7, 11) is 0. The highest BCUT2D eigenvalue weighted by Crippen LogP contribution is 2.30. The number of urea groups is 1. The van der Waals surface area contributed by atoms with Gasteiger partial charge in [-0.2, -0.15) is 18.3 Å². The maximum absolute atomic E-state index is 13.6. The molecule has 1 saturated heterocycles. The predicted octanol–water partition coefficient (Wildman–Crippen LogP) is 2.37. The minimum Gasteiger partial charge on any atom is -0.475 e. The highest BCUT2D eigenvalue weighted by atomic mass is 19.4. The minimum atomic E-state index is -5.08. The third kappa shape index (κ3) is 7.35. The van der Waals surface area contributed by atoms with E-state index in [9.17, 15) is 26.7 Å². The van der Waals surface area contributed by atoms with Crippen LogP contribution < -0.4 is 10.6 Å². The van der Waals surface area contributed by atoms with E-state index in [-0.39, 0.29) is 12.6 Å². The Bertz CT molecular complexity index is 1230. The van der Waals surface area contributed by atoms with Crippen LogP contribution in [0.4, 0.5) is 32.7 Å². The summed E-state index contributed by atoms with van der Waals surface area (Å²) in [5.74, 6) is 2.07. The van der Waals surface area contributed by atoms with Gasteiger partial charge in [-0.25, -0.2) is 33.3 Å². The lowest BCUT2D eigenvalue weighted by molar-refractivity contribution is -0.192. The molecule has 2 aliphatic heterocycles. The van der Waals surface area contributed by atoms with E-state index in [1.165, 1.54) is 17.1 Å². The number of anilines is 1. The van der Waals surface area contributed by atoms with E-state index in [0.29, 0.717) is 49.8 Å². The number of nitrogens with zero attached hydrogens (tertiary/aromatic N) is 6. The van der Waals surface area contributed by atoms with Gasteiger partial charge in [-0.15, -0.1) is 0 Å². The summed E-state index contributed by atoms with van der Waals surface area (Å²) in [5.41, 5.74) is 6.37. The van der Waals surface area contributed by atoms with Crippen molar-refractivity contribution in [2.24, 2.45) is 10.8 Å². The Morgan fingerprint density at radius 3 is 2.32 bits per heavy atom. The molecule has 1 aromatic heterocycles. The van der Waals surface area contributed by atoms with Crippen LogP contribution in [-0.4, -0.2) is 82.1 Å². The molecule has 3 heterocycles. The van der Waals surface area contributed by atoms with Gasteiger partial charge in [0.15, 0.2) is 0 Å². The molecule has 2 amide bonds. The number of alkyl halides is 3. The quantitative estimate of drug-likeness (QED) is 0.443. The number of carbonyl (C=O) groups excluding carboxylic acids is 1. The van der Waals surface area contributed by atoms with Crippen molar-refractivity contribution in [3.05, 3.63) is 53.4 Å². The van der Waals surface area contributed by atoms with Crippen LogP contribution in [0.25, 0.3) is 0 Å². The van der Waals surface area contributed by atoms with E-state index in [1.54, 1.807) is 23.4 Å². The molecule has 1 aromatic carbocycles. The molecule has 0 saturated carbocycles. The number of rotatable bonds is 2. The second kappa shape index (κ2) is 12.3. The van der Waals surface area contributed by atoms with Gasteiger partial charge in [0.25, 0.3) is 0 Å². The number of hydrogen-bond acceptors (Lipinski definition) is 7. The SMILES string of the molecule is NCC#Cc1ccnc(N2CCN(C(=O)N3N=CCC3c3cc(F)cc(F)c3)CC2)n1.O=C(O)C(F)(F)F. The van der Waals surface area contributed by atoms with E-state index in [4.69, 9.17) is 15.6 Å². The summed E-state index contributed by atoms with van der Waals surface area (Å²) in [5, 5.41) is 12.6. The standard InChI is InChI=1S/C21H21F2N7O.C2HF3O2/c22-16-12-15(13-17(23)14-16)19-4-7-26-30(19)21(31)29-10-8-28(9-11-29)20-25-6-3-18(27-20)2-1-5-24;3-2(4,5)1(6)7/h3,6-7,12-14,19H,4-5,8-11,24H2;(H,6,7). The van der Waals surface area contributed by atoms with E-state index in [2.05, 4.69) is 26.9 Å². The van der Waals surface area contributed by atoms with Gasteiger partial charge >= 0.3 is 18.2 Å². The average Bonchev–Trinajstić information content (AvgIpc) is 3.37. The molecule has 0 spiro atoms. The number of piperazine rings is 1. The molecule has 1 fully saturated rings. The molecular formula is C23H22F5N7O3. The second-order valence-electron chi connectivity index (χ2n) is 7.90. The minimum absolute atomic E-state index is 0.252. The highest BCUT2D eigenvalue weighted by molar-refractivity contribution is 5.78. The zero-order chi connectivity index (χ0) is 27.9. The zero-order valence-corrected chi connectivity index (χ0v) is 19.7. The lowest BCUT2D eigenvalue weighted by atomic mass is 10.0. The molecule has 3 N–H and O–H groups in total. The van der Waals surface area contributed by atoms with Crippen LogP contribution in [0.3, 0.4) is 0 Å². The Morgan fingerprint density at radius 2 is 1.74 bits per heavy atom. The van der Waals surface area contributed by atoms with Crippen LogP contribution in [-0.2, 0) is 4.79 Å². The van der Waals surface area contributed by atoms with Crippen molar-refractivity contribution >= 4 is 24.2 Å². The van der Waals surface area contributed by atoms with E-state index in [1.807, 2.05) is 4.90 Å². The second-order valence-corrected chi connectivity index (χ2v) is 7.90. The molecule has 0 bridgehead atoms. The van der Waals surface area contributed by atoms with Gasteiger partial charge in [-0.3, -0.25) is 0 Å². The molecule has 202 valence electrons. The number of benzene rings is 1. The Kier molecular flexibility index (Phi) is 9.13. The maximum atomic E-state index is 13.6. The van der Waals surface area contributed by atoms with Crippen LogP contribution >= 0.6 is 0 Å². The Labute approximate surface area is 213 Å². The van der Waals surface area contributed by atoms with Crippen molar-refractivity contribution in [2.75, 3.05) is 37.6 Å². The van der Waals surface area contributed by atoms with Gasteiger partial charge in [0.2, 0.25) is 5.95 Å². The fourth-order valence-electron chi connectivity index (χ4n) is 3.60. The molecule has 0 aliphatic carbocycles. The van der Waals surface area contributed by atoms with Gasteiger partial charge in [0, 0.05) is 51.1 Å². The van der Waals surface area contributed by atoms with Crippen LogP contribution in [0.1, 0.15) is 23.7 Å². The topological polar surface area (TPSA) is 128 Å². The first-order chi connectivity index (χ1) is 18.0. The van der Waals surface area contributed by atoms with Crippen LogP contribution in [0, 0.1) is 23.5 Å². The van der Waals surface area contributed by atoms with Crippen LogP contribution in [0.5, 0.6) is 0 Å². The molecule has 1 unspecified atom stereocenters. The molecular weight excluding hydrogens is 517 g/mol. The van der Waals surface area contributed by atoms with Gasteiger partial charge in [-0.05, 0) is 29.7 Å². The summed E-state index contributed by atoms with van der Waals surface area (Å²) in [6.07, 6.45) is -1.45. The lowest BCUT2D eigenvalue weighted by Crippen LogP contribution is -2.52. The van der Waals surface area contributed by atoms with Crippen molar-refractivity contribution in [3.8, 4) is 11.8 Å². The predicted molar refractivity (Wildman–Crippen MR) is 125 cm³/mol. The van der Waals surface area contributed by atoms with E-state index >= 15 is 0 Å². The normalized spacial score (nSPS) is 16.9. The number of aromatic nitrogens is 2. The number of halogens is 5. The van der Waals surface area contributed by atoms with Crippen molar-refractivity contribution in [1.29, 1.82) is 0 Å². The summed E-state index contributed by atoms with van der Waals surface area (Å²) in [6, 6.07) is 4.16. The van der Waals surface area contributed by atoms with E-state index in [0.717, 1.165) is 6.07 Å². The van der Waals surface area contributed by atoms with Crippen molar-refractivity contribution in [1.82, 2.24) is 19.9 Å². The molecule has 0 radical (unpaired) electrons. The third-order valence-corrected chi connectivity index (χ3v) is 5.33. The fourth-order valence-corrected chi connectivity index (χ4v) is 3.60. The van der Waals surface area contributed by atoms with Gasteiger partial charge in [-0.1, -0.05) is 5.92 Å². The summed E-state index contributed by atoms with van der Waals surface area (Å²) >= 11 is 0. The number of carboxylic acid groups (broad SMARTS) is 1. The Balaban J connectivity index is 0.000000505. The molecule has 2 aliphatic rings. The molecule has 10 nitrogen and oxygen atoms in total. The number of carboxylic acids is 1. The highest BCUT2D eigenvalue weighted by Gasteiger charge is 2.38. The largest absolute Gasteiger partial charge is 0.490 e. The maximum Gasteiger partial charge on any atom is 0.490 e. The van der Waals surface area contributed by atoms with Crippen LogP contribution in [0.15, 0.2) is 35.6 Å². The number of amides is 2. The summed E-state index contributed by atoms with van der Waals surface area (Å²) in [4.78, 5) is 34.3. The number of hydrogen-bond donors (Lipinski definition) is 2. The Hall–Kier alpha value is -4.32. The zero-order valence-electron chi connectivity index (χ0n) is 19.7. The smallest absolute Gasteiger partial charge is 0.475 e. The molecule has 1 atom stereocenters. The lowest BCUT2D eigenvalue weighted by Gasteiger charge is -2.37. The van der Waals surface area contributed by atoms with Gasteiger partial charge < -0.3 is 20.6 Å². The molecule has 38 heavy (non-hydrogen) atoms. The van der Waals surface area contributed by atoms with Gasteiger partial charge in [0.1, 0.15) is 17.3 Å². The van der Waals surface area contributed by atoms with Crippen LogP contribution in [0.2, 0.25) is 0 Å². The fraction of sp³-hybridized carbons (Fsp3) is 0.348. The summed E-state index contributed by atoms with van der Waals surface area (Å²) < 4.78 is 59.0. The number of nitrogens with two attached hydrogens (primary N) is 1. The van der Waals surface area contributed by atoms with Crippen molar-refractivity contribution < 1.29 is 36.6 Å². The molecule has 15 heteroatoms. The number of aliphatic carboxylic acids is 1. The first kappa shape index (κ1) is 28.3. The third-order valence-electron chi connectivity index (χ3n) is 5.33. The van der Waals surface area contributed by atoms with Crippen molar-refractivity contribution in [2.45, 2.75) is 18.6 Å². The molecule has 2 aromatic rings. The van der Waals surface area contributed by atoms with E-state index < -0.39 is 29.8 Å². The number of hydrazone groups is 1. The summed E-state index contributed by atoms with van der Waals surface area (Å²) in [6.45, 7) is 2.21. The Morgan fingerprint density at radius 1 is 1.11 bits per heavy atom. The molecule has 4 rings (SSSR count). The van der Waals surface area contributed by atoms with Gasteiger partial charge in [0.05, 0.1) is 12.6 Å².